The lowest BCUT2D eigenvalue weighted by atomic mass is 9.96. The van der Waals surface area contributed by atoms with E-state index in [-0.39, 0.29) is 11.3 Å². The number of nitrogens with one attached hydrogen (secondary N) is 1. The average Bonchev–Trinajstić information content (AvgIpc) is 3.22. The van der Waals surface area contributed by atoms with Crippen LogP contribution in [-0.4, -0.2) is 58.3 Å². The normalized spacial score (nSPS) is 18.3. The van der Waals surface area contributed by atoms with Gasteiger partial charge >= 0.3 is 0 Å². The number of amides is 1. The van der Waals surface area contributed by atoms with E-state index in [0.29, 0.717) is 28.6 Å². The van der Waals surface area contributed by atoms with Crippen LogP contribution in [0.1, 0.15) is 29.4 Å². The number of aryl methyl sites for hydroxylation is 1. The molecule has 1 unspecified atom stereocenters. The van der Waals surface area contributed by atoms with Crippen LogP contribution in [-0.2, 0) is 9.59 Å². The van der Waals surface area contributed by atoms with Gasteiger partial charge in [-0.1, -0.05) is 29.8 Å². The van der Waals surface area contributed by atoms with E-state index in [9.17, 15) is 14.7 Å². The fraction of sp³-hybridized carbons (Fsp3) is 0.292. The number of likely N-dealkylation sites (tertiary alicyclic amines) is 1. The lowest BCUT2D eigenvalue weighted by Crippen LogP contribution is -3.05. The molecule has 1 aliphatic heterocycles. The smallest absolute Gasteiger partial charge is 0.295 e. The summed E-state index contributed by atoms with van der Waals surface area (Å²) in [5, 5.41) is 11.9. The zero-order valence-corrected chi connectivity index (χ0v) is 19.1. The zero-order chi connectivity index (χ0) is 23.0. The van der Waals surface area contributed by atoms with Crippen molar-refractivity contribution in [2.75, 3.05) is 27.2 Å². The molecule has 1 fully saturated rings. The number of quaternary nitrogens is 1. The third-order valence-corrected chi connectivity index (χ3v) is 5.98. The van der Waals surface area contributed by atoms with Crippen LogP contribution in [0.25, 0.3) is 11.4 Å². The molecule has 7 nitrogen and oxygen atoms in total. The molecule has 4 rings (SSSR count). The summed E-state index contributed by atoms with van der Waals surface area (Å²) >= 11 is 6.07. The predicted octanol–water partition coefficient (Wildman–Crippen LogP) is 2.25. The van der Waals surface area contributed by atoms with E-state index in [2.05, 4.69) is 4.98 Å². The summed E-state index contributed by atoms with van der Waals surface area (Å²) < 4.78 is 1.73. The van der Waals surface area contributed by atoms with Gasteiger partial charge in [0.25, 0.3) is 11.7 Å². The summed E-state index contributed by atoms with van der Waals surface area (Å²) in [5.74, 6) is -1.52. The van der Waals surface area contributed by atoms with Crippen molar-refractivity contribution in [3.8, 4) is 0 Å². The molecule has 2 N–H and O–H groups in total. The van der Waals surface area contributed by atoms with Crippen molar-refractivity contribution in [1.29, 1.82) is 0 Å². The SMILES string of the molecule is Cc1nc2ccccn2c1C(O)=C1C(=O)C(=O)N(CCC[NH+](C)C)C1c1ccc(Cl)cc1. The minimum absolute atomic E-state index is 0.0725. The van der Waals surface area contributed by atoms with Gasteiger partial charge in [0.15, 0.2) is 5.76 Å². The lowest BCUT2D eigenvalue weighted by molar-refractivity contribution is -0.858. The Morgan fingerprint density at radius 1 is 1.16 bits per heavy atom. The maximum absolute atomic E-state index is 13.2. The zero-order valence-electron chi connectivity index (χ0n) is 18.3. The van der Waals surface area contributed by atoms with E-state index < -0.39 is 17.7 Å². The monoisotopic (exact) mass is 453 g/mol. The number of Topliss-reactive ketones (excluding diaryl/α,β-unsaturated/α-hetero) is 1. The number of aliphatic hydroxyl groups excluding tert-OH is 1. The van der Waals surface area contributed by atoms with E-state index in [1.165, 1.54) is 4.90 Å². The minimum Gasteiger partial charge on any atom is -0.505 e. The Bertz CT molecular complexity index is 1210. The van der Waals surface area contributed by atoms with Gasteiger partial charge in [0.05, 0.1) is 37.9 Å². The summed E-state index contributed by atoms with van der Waals surface area (Å²) in [5.41, 5.74) is 2.43. The number of imidazole rings is 1. The van der Waals surface area contributed by atoms with Crippen molar-refractivity contribution < 1.29 is 19.6 Å². The number of halogens is 1. The van der Waals surface area contributed by atoms with Crippen molar-refractivity contribution in [1.82, 2.24) is 14.3 Å². The highest BCUT2D eigenvalue weighted by Crippen LogP contribution is 2.40. The van der Waals surface area contributed by atoms with E-state index >= 15 is 0 Å². The molecule has 166 valence electrons. The second kappa shape index (κ2) is 8.76. The number of aliphatic hydroxyl groups is 1. The summed E-state index contributed by atoms with van der Waals surface area (Å²) in [6.45, 7) is 3.03. The third-order valence-electron chi connectivity index (χ3n) is 5.73. The molecule has 0 spiro atoms. The van der Waals surface area contributed by atoms with Crippen LogP contribution in [0, 0.1) is 6.92 Å². The number of ketones is 1. The minimum atomic E-state index is -0.696. The van der Waals surface area contributed by atoms with Crippen LogP contribution < -0.4 is 4.90 Å². The van der Waals surface area contributed by atoms with Gasteiger partial charge in [-0.3, -0.25) is 14.0 Å². The average molecular weight is 454 g/mol. The van der Waals surface area contributed by atoms with E-state index in [1.807, 2.05) is 32.3 Å². The molecule has 3 aromatic rings. The van der Waals surface area contributed by atoms with Crippen molar-refractivity contribution in [3.05, 3.63) is 76.2 Å². The number of rotatable bonds is 6. The Balaban J connectivity index is 1.87. The van der Waals surface area contributed by atoms with Gasteiger partial charge in [-0.15, -0.1) is 0 Å². The first-order chi connectivity index (χ1) is 15.3. The van der Waals surface area contributed by atoms with Gasteiger partial charge in [-0.25, -0.2) is 4.98 Å². The highest BCUT2D eigenvalue weighted by atomic mass is 35.5. The summed E-state index contributed by atoms with van der Waals surface area (Å²) in [4.78, 5) is 33.5. The molecule has 1 aromatic carbocycles. The van der Waals surface area contributed by atoms with Gasteiger partial charge in [0.1, 0.15) is 11.3 Å². The molecule has 1 atom stereocenters. The molecule has 1 saturated heterocycles. The summed E-state index contributed by atoms with van der Waals surface area (Å²) in [7, 11) is 4.08. The first-order valence-corrected chi connectivity index (χ1v) is 10.9. The van der Waals surface area contributed by atoms with Gasteiger partial charge in [0.2, 0.25) is 0 Å². The van der Waals surface area contributed by atoms with Gasteiger partial charge in [-0.2, -0.15) is 0 Å². The van der Waals surface area contributed by atoms with Crippen LogP contribution in [0.3, 0.4) is 0 Å². The molecule has 2 aromatic heterocycles. The second-order valence-electron chi connectivity index (χ2n) is 8.33. The third kappa shape index (κ3) is 3.89. The Morgan fingerprint density at radius 2 is 1.88 bits per heavy atom. The molecule has 3 heterocycles. The number of fused-ring (bicyclic) bond motifs is 1. The van der Waals surface area contributed by atoms with E-state index in [1.54, 1.807) is 46.7 Å². The number of carbonyl (C=O) groups excluding carboxylic acids is 2. The second-order valence-corrected chi connectivity index (χ2v) is 8.77. The van der Waals surface area contributed by atoms with Crippen LogP contribution in [0.15, 0.2) is 54.2 Å². The van der Waals surface area contributed by atoms with Crippen LogP contribution in [0.5, 0.6) is 0 Å². The molecule has 0 bridgehead atoms. The van der Waals surface area contributed by atoms with Crippen molar-refractivity contribution in [3.63, 3.8) is 0 Å². The molecule has 0 saturated carbocycles. The Kier molecular flexibility index (Phi) is 6.04. The van der Waals surface area contributed by atoms with Crippen LogP contribution in [0.4, 0.5) is 0 Å². The quantitative estimate of drug-likeness (QED) is 0.341. The number of hydrogen-bond acceptors (Lipinski definition) is 4. The first kappa shape index (κ1) is 22.0. The summed E-state index contributed by atoms with van der Waals surface area (Å²) in [6.07, 6.45) is 2.51. The maximum atomic E-state index is 13.2. The Labute approximate surface area is 191 Å². The van der Waals surface area contributed by atoms with E-state index in [0.717, 1.165) is 18.5 Å². The Hall–Kier alpha value is -3.16. The Morgan fingerprint density at radius 3 is 2.56 bits per heavy atom. The molecule has 0 aliphatic carbocycles. The number of benzene rings is 1. The van der Waals surface area contributed by atoms with Gasteiger partial charge < -0.3 is 14.9 Å². The fourth-order valence-corrected chi connectivity index (χ4v) is 4.36. The van der Waals surface area contributed by atoms with E-state index in [4.69, 9.17) is 11.6 Å². The maximum Gasteiger partial charge on any atom is 0.295 e. The topological polar surface area (TPSA) is 79.3 Å². The molecule has 32 heavy (non-hydrogen) atoms. The predicted molar refractivity (Wildman–Crippen MR) is 123 cm³/mol. The lowest BCUT2D eigenvalue weighted by Gasteiger charge is -2.25. The first-order valence-electron chi connectivity index (χ1n) is 10.6. The highest BCUT2D eigenvalue weighted by molar-refractivity contribution is 6.46. The number of hydrogen-bond donors (Lipinski definition) is 2. The molecular weight excluding hydrogens is 428 g/mol. The summed E-state index contributed by atoms with van der Waals surface area (Å²) in [6, 6.07) is 11.8. The molecule has 1 amide bonds. The van der Waals surface area contributed by atoms with Gasteiger partial charge in [0, 0.05) is 24.2 Å². The standard InChI is InChI=1S/C24H25ClN4O3/c1-15-20(28-13-5-4-7-18(28)26-15)22(30)19-21(16-8-10-17(25)11-9-16)29(24(32)23(19)31)14-6-12-27(2)3/h4-5,7-11,13,21,30H,6,12,14H2,1-3H3/p+1. The van der Waals surface area contributed by atoms with Crippen LogP contribution in [0.2, 0.25) is 5.02 Å². The number of pyridine rings is 1. The van der Waals surface area contributed by atoms with Gasteiger partial charge in [-0.05, 0) is 36.8 Å². The van der Waals surface area contributed by atoms with Crippen molar-refractivity contribution in [2.24, 2.45) is 0 Å². The fourth-order valence-electron chi connectivity index (χ4n) is 4.23. The molecule has 1 aliphatic rings. The number of nitrogens with zero attached hydrogens (tertiary/aromatic N) is 3. The molecule has 8 heteroatoms. The number of carbonyl (C=O) groups is 2. The highest BCUT2D eigenvalue weighted by Gasteiger charge is 2.46. The largest absolute Gasteiger partial charge is 0.505 e. The van der Waals surface area contributed by atoms with Crippen molar-refractivity contribution in [2.45, 2.75) is 19.4 Å². The molecular formula is C24H26ClN4O3+. The van der Waals surface area contributed by atoms with Crippen LogP contribution >= 0.6 is 11.6 Å². The van der Waals surface area contributed by atoms with Crippen molar-refractivity contribution >= 4 is 34.7 Å². The molecule has 0 radical (unpaired) electrons. The number of aromatic nitrogens is 2.